The van der Waals surface area contributed by atoms with Gasteiger partial charge >= 0.3 is 6.09 Å². The lowest BCUT2D eigenvalue weighted by Crippen LogP contribution is -2.42. The van der Waals surface area contributed by atoms with Crippen LogP contribution in [-0.4, -0.2) is 47.6 Å². The summed E-state index contributed by atoms with van der Waals surface area (Å²) in [5, 5.41) is 6.33. The minimum atomic E-state index is -0.244. The number of nitrogens with one attached hydrogen (secondary N) is 2. The molecule has 0 atom stereocenters. The number of ether oxygens (including phenoxy) is 1. The van der Waals surface area contributed by atoms with E-state index >= 15 is 0 Å². The number of aromatic nitrogens is 1. The molecule has 2 aromatic rings. The van der Waals surface area contributed by atoms with E-state index in [0.717, 1.165) is 35.3 Å². The molecule has 1 aliphatic rings. The highest BCUT2D eigenvalue weighted by molar-refractivity contribution is 6.03. The number of anilines is 2. The molecule has 0 bridgehead atoms. The third-order valence-electron chi connectivity index (χ3n) is 4.87. The molecule has 0 spiro atoms. The quantitative estimate of drug-likeness (QED) is 0.799. The summed E-state index contributed by atoms with van der Waals surface area (Å²) in [6.07, 6.45) is 3.11. The summed E-state index contributed by atoms with van der Waals surface area (Å²) in [6.45, 7) is 7.54. The van der Waals surface area contributed by atoms with Crippen molar-refractivity contribution < 1.29 is 14.3 Å². The Morgan fingerprint density at radius 3 is 2.38 bits per heavy atom. The molecule has 0 saturated carbocycles. The molecule has 0 aliphatic carbocycles. The molecule has 2 amide bonds. The molecule has 1 aromatic heterocycles. The highest BCUT2D eigenvalue weighted by Gasteiger charge is 2.23. The van der Waals surface area contributed by atoms with Crippen LogP contribution in [0.25, 0.3) is 0 Å². The number of piperidine rings is 1. The molecule has 7 nitrogen and oxygen atoms in total. The molecule has 2 N–H and O–H groups in total. The van der Waals surface area contributed by atoms with Crippen LogP contribution < -0.4 is 10.6 Å². The highest BCUT2D eigenvalue weighted by Crippen LogP contribution is 2.18. The SMILES string of the molecule is CCOC(=O)N1CCC(Nc2ccc(C(=O)Nc3cc(C)cc(C)c3)nc2)CC1. The summed E-state index contributed by atoms with van der Waals surface area (Å²) in [5.41, 5.74) is 4.20. The second-order valence-corrected chi connectivity index (χ2v) is 7.37. The summed E-state index contributed by atoms with van der Waals surface area (Å²) in [4.78, 5) is 30.2. The zero-order valence-corrected chi connectivity index (χ0v) is 17.2. The van der Waals surface area contributed by atoms with Gasteiger partial charge in [-0.2, -0.15) is 0 Å². The largest absolute Gasteiger partial charge is 0.450 e. The number of amides is 2. The van der Waals surface area contributed by atoms with E-state index in [2.05, 4.69) is 21.7 Å². The molecule has 29 heavy (non-hydrogen) atoms. The average molecular weight is 396 g/mol. The Hall–Kier alpha value is -3.09. The van der Waals surface area contributed by atoms with Gasteiger partial charge in [-0.15, -0.1) is 0 Å². The van der Waals surface area contributed by atoms with Gasteiger partial charge < -0.3 is 20.3 Å². The lowest BCUT2D eigenvalue weighted by Gasteiger charge is -2.32. The fourth-order valence-electron chi connectivity index (χ4n) is 3.51. The monoisotopic (exact) mass is 396 g/mol. The zero-order valence-electron chi connectivity index (χ0n) is 17.2. The molecule has 0 radical (unpaired) electrons. The molecule has 154 valence electrons. The van der Waals surface area contributed by atoms with Crippen LogP contribution in [0.1, 0.15) is 41.4 Å². The molecular weight excluding hydrogens is 368 g/mol. The third kappa shape index (κ3) is 5.70. The van der Waals surface area contributed by atoms with Crippen LogP contribution >= 0.6 is 0 Å². The van der Waals surface area contributed by atoms with Gasteiger partial charge in [0.2, 0.25) is 0 Å². The van der Waals surface area contributed by atoms with Crippen LogP contribution in [0.3, 0.4) is 0 Å². The topological polar surface area (TPSA) is 83.6 Å². The number of pyridine rings is 1. The zero-order chi connectivity index (χ0) is 20.8. The van der Waals surface area contributed by atoms with Crippen molar-refractivity contribution in [3.8, 4) is 0 Å². The van der Waals surface area contributed by atoms with Gasteiger partial charge in [-0.3, -0.25) is 4.79 Å². The maximum atomic E-state index is 12.4. The summed E-state index contributed by atoms with van der Waals surface area (Å²) < 4.78 is 5.04. The van der Waals surface area contributed by atoms with Crippen molar-refractivity contribution in [1.29, 1.82) is 0 Å². The van der Waals surface area contributed by atoms with E-state index in [9.17, 15) is 9.59 Å². The van der Waals surface area contributed by atoms with Gasteiger partial charge in [0, 0.05) is 24.8 Å². The maximum absolute atomic E-state index is 12.4. The smallest absolute Gasteiger partial charge is 0.409 e. The Bertz CT molecular complexity index is 839. The maximum Gasteiger partial charge on any atom is 0.409 e. The van der Waals surface area contributed by atoms with Gasteiger partial charge in [-0.1, -0.05) is 6.07 Å². The summed E-state index contributed by atoms with van der Waals surface area (Å²) in [7, 11) is 0. The van der Waals surface area contributed by atoms with E-state index in [1.807, 2.05) is 39.0 Å². The molecule has 1 aromatic carbocycles. The van der Waals surface area contributed by atoms with Crippen LogP contribution in [-0.2, 0) is 4.74 Å². The number of rotatable bonds is 5. The first kappa shape index (κ1) is 20.6. The number of nitrogens with zero attached hydrogens (tertiary/aromatic N) is 2. The molecule has 1 aliphatic heterocycles. The van der Waals surface area contributed by atoms with Gasteiger partial charge in [-0.05, 0) is 69.0 Å². The Morgan fingerprint density at radius 2 is 1.79 bits per heavy atom. The number of hydrogen-bond donors (Lipinski definition) is 2. The van der Waals surface area contributed by atoms with E-state index in [1.54, 1.807) is 17.2 Å². The van der Waals surface area contributed by atoms with E-state index in [4.69, 9.17) is 4.74 Å². The van der Waals surface area contributed by atoms with Gasteiger partial charge in [0.15, 0.2) is 0 Å². The first-order chi connectivity index (χ1) is 13.9. The second kappa shape index (κ2) is 9.41. The minimum Gasteiger partial charge on any atom is -0.450 e. The number of carbonyl (C=O) groups is 2. The molecule has 0 unspecified atom stereocenters. The van der Waals surface area contributed by atoms with Gasteiger partial charge in [0.1, 0.15) is 5.69 Å². The lowest BCUT2D eigenvalue weighted by molar-refractivity contribution is 0.0982. The summed E-state index contributed by atoms with van der Waals surface area (Å²) >= 11 is 0. The number of aryl methyl sites for hydroxylation is 2. The van der Waals surface area contributed by atoms with E-state index < -0.39 is 0 Å². The van der Waals surface area contributed by atoms with Crippen LogP contribution in [0, 0.1) is 13.8 Å². The third-order valence-corrected chi connectivity index (χ3v) is 4.87. The standard InChI is InChI=1S/C22H28N4O3/c1-4-29-22(28)26-9-7-17(8-10-26)24-18-5-6-20(23-14-18)21(27)25-19-12-15(2)11-16(3)13-19/h5-6,11-14,17,24H,4,7-10H2,1-3H3,(H,25,27). The Balaban J connectivity index is 1.52. The van der Waals surface area contributed by atoms with Crippen molar-refractivity contribution in [2.75, 3.05) is 30.3 Å². The fourth-order valence-corrected chi connectivity index (χ4v) is 3.51. The van der Waals surface area contributed by atoms with E-state index in [0.29, 0.717) is 25.4 Å². The van der Waals surface area contributed by atoms with Crippen molar-refractivity contribution >= 4 is 23.4 Å². The fraction of sp³-hybridized carbons (Fsp3) is 0.409. The lowest BCUT2D eigenvalue weighted by atomic mass is 10.1. The number of likely N-dealkylation sites (tertiary alicyclic amines) is 1. The second-order valence-electron chi connectivity index (χ2n) is 7.37. The van der Waals surface area contributed by atoms with Crippen molar-refractivity contribution in [3.05, 3.63) is 53.3 Å². The Morgan fingerprint density at radius 1 is 1.10 bits per heavy atom. The van der Waals surface area contributed by atoms with Crippen molar-refractivity contribution in [3.63, 3.8) is 0 Å². The first-order valence-electron chi connectivity index (χ1n) is 9.98. The normalized spacial score (nSPS) is 14.4. The van der Waals surface area contributed by atoms with E-state index in [-0.39, 0.29) is 18.0 Å². The Labute approximate surface area is 171 Å². The average Bonchev–Trinajstić information content (AvgIpc) is 2.68. The van der Waals surface area contributed by atoms with Gasteiger partial charge in [0.25, 0.3) is 5.91 Å². The number of carbonyl (C=O) groups excluding carboxylic acids is 2. The van der Waals surface area contributed by atoms with Crippen LogP contribution in [0.5, 0.6) is 0 Å². The predicted octanol–water partition coefficient (Wildman–Crippen LogP) is 3.98. The summed E-state index contributed by atoms with van der Waals surface area (Å²) in [6, 6.07) is 9.77. The number of hydrogen-bond acceptors (Lipinski definition) is 5. The van der Waals surface area contributed by atoms with Crippen LogP contribution in [0.2, 0.25) is 0 Å². The Kier molecular flexibility index (Phi) is 6.69. The van der Waals surface area contributed by atoms with E-state index in [1.165, 1.54) is 0 Å². The summed E-state index contributed by atoms with van der Waals surface area (Å²) in [5.74, 6) is -0.232. The van der Waals surface area contributed by atoms with Gasteiger partial charge in [0.05, 0.1) is 18.5 Å². The van der Waals surface area contributed by atoms with Crippen molar-refractivity contribution in [2.45, 2.75) is 39.7 Å². The number of benzene rings is 1. The van der Waals surface area contributed by atoms with Gasteiger partial charge in [-0.25, -0.2) is 9.78 Å². The van der Waals surface area contributed by atoms with Crippen molar-refractivity contribution in [2.24, 2.45) is 0 Å². The first-order valence-corrected chi connectivity index (χ1v) is 9.98. The molecule has 2 heterocycles. The van der Waals surface area contributed by atoms with Crippen LogP contribution in [0.4, 0.5) is 16.2 Å². The van der Waals surface area contributed by atoms with Crippen LogP contribution in [0.15, 0.2) is 36.5 Å². The molecule has 3 rings (SSSR count). The molecule has 1 fully saturated rings. The molecular formula is C22H28N4O3. The minimum absolute atomic E-state index is 0.232. The highest BCUT2D eigenvalue weighted by atomic mass is 16.6. The molecule has 1 saturated heterocycles. The predicted molar refractivity (Wildman–Crippen MR) is 113 cm³/mol. The van der Waals surface area contributed by atoms with Crippen molar-refractivity contribution in [1.82, 2.24) is 9.88 Å². The molecule has 7 heteroatoms.